The monoisotopic (exact) mass is 481 g/mol. The number of aromatic nitrogens is 2. The summed E-state index contributed by atoms with van der Waals surface area (Å²) in [7, 11) is -2.91. The topological polar surface area (TPSA) is 82.4 Å². The van der Waals surface area contributed by atoms with Crippen molar-refractivity contribution in [2.75, 3.05) is 0 Å². The normalized spacial score (nSPS) is 13.6. The van der Waals surface area contributed by atoms with E-state index in [9.17, 15) is 22.5 Å². The minimum absolute atomic E-state index is 0.328. The molecule has 2 rings (SSSR count). The zero-order valence-corrected chi connectivity index (χ0v) is 19.3. The van der Waals surface area contributed by atoms with Gasteiger partial charge in [-0.1, -0.05) is 41.9 Å². The Kier molecular flexibility index (Phi) is 7.97. The first-order valence-corrected chi connectivity index (χ1v) is 11.4. The van der Waals surface area contributed by atoms with E-state index in [0.29, 0.717) is 5.56 Å². The van der Waals surface area contributed by atoms with Crippen LogP contribution in [0, 0.1) is 0 Å². The quantitative estimate of drug-likeness (QED) is 0.499. The molecule has 0 bridgehead atoms. The molecular formula is C19H24ClF3N3O4P. The van der Waals surface area contributed by atoms with Crippen LogP contribution in [0.5, 0.6) is 0 Å². The number of hydrogen-bond donors (Lipinski definition) is 1. The van der Waals surface area contributed by atoms with Gasteiger partial charge in [-0.3, -0.25) is 14.0 Å². The number of amides is 1. The average molecular weight is 482 g/mol. The number of hydrogen-bond acceptors (Lipinski definition) is 5. The third kappa shape index (κ3) is 6.10. The van der Waals surface area contributed by atoms with Crippen molar-refractivity contribution in [3.63, 3.8) is 0 Å². The molecule has 0 radical (unpaired) electrons. The van der Waals surface area contributed by atoms with Crippen LogP contribution in [0.3, 0.4) is 0 Å². The molecule has 1 aromatic carbocycles. The van der Waals surface area contributed by atoms with E-state index >= 15 is 0 Å². The number of nitrogens with one attached hydrogen (secondary N) is 1. The molecule has 1 atom stereocenters. The summed E-state index contributed by atoms with van der Waals surface area (Å²) in [5.41, 5.74) is -2.00. The predicted octanol–water partition coefficient (Wildman–Crippen LogP) is 5.56. The van der Waals surface area contributed by atoms with E-state index in [1.807, 2.05) is 0 Å². The van der Waals surface area contributed by atoms with E-state index in [4.69, 9.17) is 20.6 Å². The standard InChI is InChI=1S/C19H24ClF3N3O4P/c1-11(2)29-31(28,30-12(3)4)18(13-9-7-6-8-10-13)24-17(27)14-15(19(21,22)23)25-26(5)16(14)20/h6-12,18H,1-5H3,(H,24,27). The highest BCUT2D eigenvalue weighted by Gasteiger charge is 2.44. The van der Waals surface area contributed by atoms with Gasteiger partial charge in [-0.2, -0.15) is 18.3 Å². The summed E-state index contributed by atoms with van der Waals surface area (Å²) in [6, 6.07) is 8.06. The van der Waals surface area contributed by atoms with Crippen molar-refractivity contribution in [2.24, 2.45) is 7.05 Å². The highest BCUT2D eigenvalue weighted by molar-refractivity contribution is 7.54. The maximum Gasteiger partial charge on any atom is 0.436 e. The molecule has 1 heterocycles. The number of alkyl halides is 3. The Bertz CT molecular complexity index is 950. The number of halogens is 4. The van der Waals surface area contributed by atoms with Crippen molar-refractivity contribution in [3.8, 4) is 0 Å². The zero-order chi connectivity index (χ0) is 23.6. The van der Waals surface area contributed by atoms with Crippen LogP contribution in [0.25, 0.3) is 0 Å². The summed E-state index contributed by atoms with van der Waals surface area (Å²) in [6.45, 7) is 6.50. The van der Waals surface area contributed by atoms with Gasteiger partial charge in [0.1, 0.15) is 10.7 Å². The van der Waals surface area contributed by atoms with Crippen molar-refractivity contribution in [1.29, 1.82) is 0 Å². The minimum Gasteiger partial charge on any atom is -0.334 e. The van der Waals surface area contributed by atoms with Crippen LogP contribution in [0.4, 0.5) is 13.2 Å². The summed E-state index contributed by atoms with van der Waals surface area (Å²) >= 11 is 5.94. The first-order valence-electron chi connectivity index (χ1n) is 9.38. The van der Waals surface area contributed by atoms with E-state index < -0.39 is 54.1 Å². The number of nitrogens with zero attached hydrogens (tertiary/aromatic N) is 2. The summed E-state index contributed by atoms with van der Waals surface area (Å²) in [5.74, 6) is -2.59. The van der Waals surface area contributed by atoms with Crippen LogP contribution in [0.15, 0.2) is 30.3 Å². The van der Waals surface area contributed by atoms with Gasteiger partial charge in [-0.15, -0.1) is 0 Å². The molecule has 2 aromatic rings. The van der Waals surface area contributed by atoms with Crippen LogP contribution in [0.2, 0.25) is 5.15 Å². The summed E-state index contributed by atoms with van der Waals surface area (Å²) < 4.78 is 65.9. The van der Waals surface area contributed by atoms with Gasteiger partial charge in [-0.25, -0.2) is 0 Å². The lowest BCUT2D eigenvalue weighted by molar-refractivity contribution is -0.141. The minimum atomic E-state index is -4.92. The van der Waals surface area contributed by atoms with Crippen LogP contribution >= 0.6 is 19.2 Å². The Morgan fingerprint density at radius 3 is 2.10 bits per heavy atom. The van der Waals surface area contributed by atoms with Crippen LogP contribution in [0.1, 0.15) is 55.1 Å². The second kappa shape index (κ2) is 9.73. The maximum atomic E-state index is 13.7. The summed E-state index contributed by atoms with van der Waals surface area (Å²) in [6.07, 6.45) is -6.03. The van der Waals surface area contributed by atoms with E-state index in [1.54, 1.807) is 58.0 Å². The first kappa shape index (κ1) is 25.4. The lowest BCUT2D eigenvalue weighted by Gasteiger charge is -2.30. The summed E-state index contributed by atoms with van der Waals surface area (Å²) in [5, 5.41) is 5.17. The van der Waals surface area contributed by atoms with Gasteiger partial charge >= 0.3 is 13.8 Å². The molecule has 7 nitrogen and oxygen atoms in total. The smallest absolute Gasteiger partial charge is 0.334 e. The molecule has 0 fully saturated rings. The fourth-order valence-corrected chi connectivity index (χ4v) is 5.31. The lowest BCUT2D eigenvalue weighted by atomic mass is 10.2. The van der Waals surface area contributed by atoms with Crippen molar-refractivity contribution < 1.29 is 31.6 Å². The SMILES string of the molecule is CC(C)OP(=O)(OC(C)C)C(NC(=O)c1c(C(F)(F)F)nn(C)c1Cl)c1ccccc1. The number of carbonyl (C=O) groups excluding carboxylic acids is 1. The highest BCUT2D eigenvalue weighted by atomic mass is 35.5. The number of aryl methyl sites for hydroxylation is 1. The third-order valence-corrected chi connectivity index (χ3v) is 6.81. The molecule has 172 valence electrons. The second-order valence-corrected chi connectivity index (χ2v) is 9.65. The van der Waals surface area contributed by atoms with E-state index in [-0.39, 0.29) is 0 Å². The van der Waals surface area contributed by atoms with Gasteiger partial charge in [0.2, 0.25) is 0 Å². The zero-order valence-electron chi connectivity index (χ0n) is 17.6. The van der Waals surface area contributed by atoms with Gasteiger partial charge in [0.25, 0.3) is 5.91 Å². The molecule has 0 saturated carbocycles. The van der Waals surface area contributed by atoms with Gasteiger partial charge in [0.15, 0.2) is 11.5 Å². The van der Waals surface area contributed by atoms with E-state index in [0.717, 1.165) is 4.68 Å². The third-order valence-electron chi connectivity index (χ3n) is 3.89. The molecule has 0 saturated heterocycles. The maximum absolute atomic E-state index is 13.7. The largest absolute Gasteiger partial charge is 0.436 e. The highest BCUT2D eigenvalue weighted by Crippen LogP contribution is 2.61. The van der Waals surface area contributed by atoms with Crippen LogP contribution in [-0.2, 0) is 26.8 Å². The molecule has 1 aromatic heterocycles. The van der Waals surface area contributed by atoms with Crippen molar-refractivity contribution >= 4 is 25.1 Å². The molecule has 0 aliphatic heterocycles. The Morgan fingerprint density at radius 1 is 1.13 bits per heavy atom. The van der Waals surface area contributed by atoms with Gasteiger partial charge in [-0.05, 0) is 33.3 Å². The summed E-state index contributed by atoms with van der Waals surface area (Å²) in [4.78, 5) is 13.0. The van der Waals surface area contributed by atoms with Gasteiger partial charge in [0, 0.05) is 7.05 Å². The number of rotatable bonds is 8. The van der Waals surface area contributed by atoms with Crippen molar-refractivity contribution in [2.45, 2.75) is 51.9 Å². The Balaban J connectivity index is 2.58. The molecule has 31 heavy (non-hydrogen) atoms. The molecule has 1 N–H and O–H groups in total. The molecular weight excluding hydrogens is 458 g/mol. The Morgan fingerprint density at radius 2 is 1.65 bits per heavy atom. The fraction of sp³-hybridized carbons (Fsp3) is 0.474. The van der Waals surface area contributed by atoms with Gasteiger partial charge < -0.3 is 14.4 Å². The predicted molar refractivity (Wildman–Crippen MR) is 110 cm³/mol. The second-order valence-electron chi connectivity index (χ2n) is 7.27. The molecule has 0 spiro atoms. The van der Waals surface area contributed by atoms with E-state index in [2.05, 4.69) is 10.4 Å². The Labute approximate surface area is 183 Å². The molecule has 0 aliphatic rings. The lowest BCUT2D eigenvalue weighted by Crippen LogP contribution is -2.32. The molecule has 0 aliphatic carbocycles. The Hall–Kier alpha value is -1.87. The van der Waals surface area contributed by atoms with Crippen LogP contribution in [-0.4, -0.2) is 27.9 Å². The first-order chi connectivity index (χ1) is 14.3. The number of carbonyl (C=O) groups is 1. The molecule has 1 unspecified atom stereocenters. The average Bonchev–Trinajstić information content (AvgIpc) is 2.94. The number of benzene rings is 1. The van der Waals surface area contributed by atoms with Crippen LogP contribution < -0.4 is 5.32 Å². The fourth-order valence-electron chi connectivity index (χ4n) is 2.81. The van der Waals surface area contributed by atoms with E-state index in [1.165, 1.54) is 7.05 Å². The van der Waals surface area contributed by atoms with Crippen molar-refractivity contribution in [1.82, 2.24) is 15.1 Å². The van der Waals surface area contributed by atoms with Gasteiger partial charge in [0.05, 0.1) is 12.2 Å². The molecule has 12 heteroatoms. The van der Waals surface area contributed by atoms with Crippen molar-refractivity contribution in [3.05, 3.63) is 52.3 Å². The molecule has 1 amide bonds.